The number of aromatic amines is 2. The van der Waals surface area contributed by atoms with E-state index >= 15 is 0 Å². The minimum Gasteiger partial charge on any atom is -0.465 e. The molecule has 4 aromatic rings. The van der Waals surface area contributed by atoms with Crippen LogP contribution in [0.5, 0.6) is 0 Å². The second-order valence-electron chi connectivity index (χ2n) is 12.2. The number of alkyl halides is 3. The standard InChI is InChI=1S/C34H36F3N7O5/c1-49-32(46)42-24(14-15-34(35,36)37)31(45)43-16-2-4-27(43)29-38-18-25(40-29)22-10-6-20(7-11-22)21-8-12-23(13-9-21)26-19-39-30(41-26)28-5-3-17-44(28)33(47)48/h6-13,18-19,24,27-28H,2-5,14-17H2,1H3,(H,38,40)(H,39,41)(H,42,46)(H,47,48). The number of ether oxygens (including phenoxy) is 1. The zero-order valence-corrected chi connectivity index (χ0v) is 26.7. The molecule has 2 aromatic carbocycles. The molecule has 4 N–H and O–H groups in total. The number of nitrogens with zero attached hydrogens (tertiary/aromatic N) is 4. The van der Waals surface area contributed by atoms with Crippen molar-refractivity contribution in [2.24, 2.45) is 0 Å². The third kappa shape index (κ3) is 7.55. The molecule has 3 amide bonds. The summed E-state index contributed by atoms with van der Waals surface area (Å²) in [6.45, 7) is 0.823. The summed E-state index contributed by atoms with van der Waals surface area (Å²) < 4.78 is 43.4. The van der Waals surface area contributed by atoms with Crippen molar-refractivity contribution >= 4 is 18.1 Å². The predicted octanol–water partition coefficient (Wildman–Crippen LogP) is 6.68. The molecule has 3 atom stereocenters. The fraction of sp³-hybridized carbons (Fsp3) is 0.382. The number of aromatic nitrogens is 4. The Morgan fingerprint density at radius 3 is 1.80 bits per heavy atom. The fourth-order valence-electron chi connectivity index (χ4n) is 6.55. The molecule has 0 bridgehead atoms. The highest BCUT2D eigenvalue weighted by Crippen LogP contribution is 2.35. The van der Waals surface area contributed by atoms with E-state index in [1.807, 2.05) is 48.5 Å². The van der Waals surface area contributed by atoms with E-state index in [2.05, 4.69) is 30.0 Å². The van der Waals surface area contributed by atoms with Crippen LogP contribution in [0.4, 0.5) is 22.8 Å². The molecule has 2 saturated heterocycles. The van der Waals surface area contributed by atoms with Gasteiger partial charge in [0, 0.05) is 19.5 Å². The minimum absolute atomic E-state index is 0.270. The molecule has 2 aromatic heterocycles. The average molecular weight is 680 g/mol. The van der Waals surface area contributed by atoms with Gasteiger partial charge in [-0.3, -0.25) is 9.69 Å². The number of carbonyl (C=O) groups is 3. The van der Waals surface area contributed by atoms with Crippen LogP contribution in [0.25, 0.3) is 33.6 Å². The molecule has 12 nitrogen and oxygen atoms in total. The van der Waals surface area contributed by atoms with Crippen LogP contribution in [0.15, 0.2) is 60.9 Å². The highest BCUT2D eigenvalue weighted by Gasteiger charge is 2.38. The lowest BCUT2D eigenvalue weighted by atomic mass is 10.0. The summed E-state index contributed by atoms with van der Waals surface area (Å²) in [5.41, 5.74) is 5.29. The zero-order valence-electron chi connectivity index (χ0n) is 26.7. The lowest BCUT2D eigenvalue weighted by Gasteiger charge is -2.28. The molecule has 15 heteroatoms. The molecule has 49 heavy (non-hydrogen) atoms. The van der Waals surface area contributed by atoms with Gasteiger partial charge in [0.25, 0.3) is 0 Å². The first-order valence-electron chi connectivity index (χ1n) is 16.0. The molecule has 2 fully saturated rings. The molecule has 258 valence electrons. The van der Waals surface area contributed by atoms with E-state index in [1.165, 1.54) is 9.80 Å². The summed E-state index contributed by atoms with van der Waals surface area (Å²) in [5, 5.41) is 11.7. The minimum atomic E-state index is -4.48. The van der Waals surface area contributed by atoms with Gasteiger partial charge in [-0.15, -0.1) is 0 Å². The first kappa shape index (κ1) is 33.6. The normalized spacial score (nSPS) is 18.4. The summed E-state index contributed by atoms with van der Waals surface area (Å²) in [4.78, 5) is 55.1. The van der Waals surface area contributed by atoms with Crippen molar-refractivity contribution in [2.75, 3.05) is 20.2 Å². The van der Waals surface area contributed by atoms with Crippen molar-refractivity contribution in [3.8, 4) is 33.6 Å². The number of benzene rings is 2. The van der Waals surface area contributed by atoms with Crippen LogP contribution in [0.1, 0.15) is 62.3 Å². The number of hydrogen-bond donors (Lipinski definition) is 4. The van der Waals surface area contributed by atoms with E-state index in [4.69, 9.17) is 0 Å². The Kier molecular flexibility index (Phi) is 9.60. The van der Waals surface area contributed by atoms with E-state index in [-0.39, 0.29) is 6.04 Å². The van der Waals surface area contributed by atoms with Crippen molar-refractivity contribution in [3.05, 3.63) is 72.6 Å². The van der Waals surface area contributed by atoms with Gasteiger partial charge in [0.05, 0.1) is 43.0 Å². The maximum atomic E-state index is 13.4. The van der Waals surface area contributed by atoms with Gasteiger partial charge in [0.1, 0.15) is 17.7 Å². The largest absolute Gasteiger partial charge is 0.465 e. The van der Waals surface area contributed by atoms with Crippen molar-refractivity contribution in [2.45, 2.75) is 62.8 Å². The van der Waals surface area contributed by atoms with Crippen LogP contribution in [-0.4, -0.2) is 85.4 Å². The highest BCUT2D eigenvalue weighted by atomic mass is 19.4. The second-order valence-corrected chi connectivity index (χ2v) is 12.2. The summed E-state index contributed by atoms with van der Waals surface area (Å²) in [7, 11) is 1.08. The molecule has 6 rings (SSSR count). The molecule has 0 spiro atoms. The Hall–Kier alpha value is -5.34. The Morgan fingerprint density at radius 2 is 1.33 bits per heavy atom. The van der Waals surface area contributed by atoms with Crippen molar-refractivity contribution in [1.29, 1.82) is 0 Å². The quantitative estimate of drug-likeness (QED) is 0.154. The molecular weight excluding hydrogens is 643 g/mol. The molecule has 0 saturated carbocycles. The van der Waals surface area contributed by atoms with Crippen molar-refractivity contribution in [1.82, 2.24) is 35.1 Å². The molecule has 3 unspecified atom stereocenters. The zero-order chi connectivity index (χ0) is 34.7. The molecule has 2 aliphatic heterocycles. The van der Waals surface area contributed by atoms with Gasteiger partial charge in [-0.25, -0.2) is 19.6 Å². The number of methoxy groups -OCH3 is 1. The number of carbonyl (C=O) groups excluding carboxylic acids is 2. The number of rotatable bonds is 9. The number of likely N-dealkylation sites (tertiary alicyclic amines) is 2. The fourth-order valence-corrected chi connectivity index (χ4v) is 6.55. The van der Waals surface area contributed by atoms with E-state index < -0.39 is 49.2 Å². The lowest BCUT2D eigenvalue weighted by Crippen LogP contribution is -2.48. The van der Waals surface area contributed by atoms with E-state index in [9.17, 15) is 32.7 Å². The third-order valence-electron chi connectivity index (χ3n) is 9.07. The van der Waals surface area contributed by atoms with Gasteiger partial charge in [-0.2, -0.15) is 13.2 Å². The van der Waals surface area contributed by atoms with E-state index in [1.54, 1.807) is 12.4 Å². The summed E-state index contributed by atoms with van der Waals surface area (Å²) >= 11 is 0. The molecule has 4 heterocycles. The SMILES string of the molecule is COC(=O)NC(CCC(F)(F)F)C(=O)N1CCCC1c1ncc(-c2ccc(-c3ccc(-c4cnc(C5CCCN5C(=O)O)[nH]4)cc3)cc2)[nH]1. The summed E-state index contributed by atoms with van der Waals surface area (Å²) in [6.07, 6.45) is -2.10. The van der Waals surface area contributed by atoms with Gasteiger partial charge < -0.3 is 30.0 Å². The number of imidazole rings is 2. The molecule has 0 aliphatic carbocycles. The number of amides is 3. The Bertz CT molecular complexity index is 1790. The summed E-state index contributed by atoms with van der Waals surface area (Å²) in [6, 6.07) is 13.7. The number of H-pyrrole nitrogens is 2. The summed E-state index contributed by atoms with van der Waals surface area (Å²) in [5.74, 6) is 0.542. The van der Waals surface area contributed by atoms with Crippen LogP contribution in [0.2, 0.25) is 0 Å². The maximum absolute atomic E-state index is 13.4. The van der Waals surface area contributed by atoms with Gasteiger partial charge >= 0.3 is 18.4 Å². The van der Waals surface area contributed by atoms with Crippen LogP contribution in [-0.2, 0) is 9.53 Å². The second kappa shape index (κ2) is 14.0. The first-order valence-corrected chi connectivity index (χ1v) is 16.0. The topological polar surface area (TPSA) is 157 Å². The van der Waals surface area contributed by atoms with E-state index in [0.29, 0.717) is 37.6 Å². The number of hydrogen-bond acceptors (Lipinski definition) is 6. The first-order chi connectivity index (χ1) is 23.5. The number of halogens is 3. The lowest BCUT2D eigenvalue weighted by molar-refractivity contribution is -0.143. The Balaban J connectivity index is 1.12. The van der Waals surface area contributed by atoms with Gasteiger partial charge in [-0.1, -0.05) is 48.5 Å². The monoisotopic (exact) mass is 679 g/mol. The smallest absolute Gasteiger partial charge is 0.407 e. The number of carboxylic acid groups (broad SMARTS) is 1. The maximum Gasteiger partial charge on any atom is 0.407 e. The number of nitrogens with one attached hydrogen (secondary N) is 3. The van der Waals surface area contributed by atoms with Crippen LogP contribution < -0.4 is 5.32 Å². The molecule has 0 radical (unpaired) electrons. The molecular formula is C34H36F3N7O5. The van der Waals surface area contributed by atoms with Crippen LogP contribution in [0, 0.1) is 0 Å². The van der Waals surface area contributed by atoms with Crippen molar-refractivity contribution in [3.63, 3.8) is 0 Å². The number of alkyl carbamates (subject to hydrolysis) is 1. The van der Waals surface area contributed by atoms with Gasteiger partial charge in [0.15, 0.2) is 0 Å². The molecule has 2 aliphatic rings. The highest BCUT2D eigenvalue weighted by molar-refractivity contribution is 5.86. The Morgan fingerprint density at radius 1 is 0.857 bits per heavy atom. The van der Waals surface area contributed by atoms with E-state index in [0.717, 1.165) is 53.6 Å². The Labute approximate surface area is 279 Å². The van der Waals surface area contributed by atoms with Gasteiger partial charge in [0.2, 0.25) is 5.91 Å². The van der Waals surface area contributed by atoms with Crippen LogP contribution in [0.3, 0.4) is 0 Å². The van der Waals surface area contributed by atoms with Crippen LogP contribution >= 0.6 is 0 Å². The van der Waals surface area contributed by atoms with Crippen molar-refractivity contribution < 1.29 is 37.4 Å². The van der Waals surface area contributed by atoms with Gasteiger partial charge in [-0.05, 0) is 54.4 Å². The average Bonchev–Trinajstić information content (AvgIpc) is 3.92. The third-order valence-corrected chi connectivity index (χ3v) is 9.07. The predicted molar refractivity (Wildman–Crippen MR) is 172 cm³/mol.